The zero-order valence-electron chi connectivity index (χ0n) is 9.69. The van der Waals surface area contributed by atoms with Crippen molar-refractivity contribution in [1.29, 1.82) is 0 Å². The Balaban J connectivity index is 1.93. The van der Waals surface area contributed by atoms with E-state index < -0.39 is 0 Å². The second-order valence-corrected chi connectivity index (χ2v) is 5.53. The second-order valence-electron chi connectivity index (χ2n) is 3.69. The third-order valence-corrected chi connectivity index (χ3v) is 3.69. The van der Waals surface area contributed by atoms with Crippen LogP contribution < -0.4 is 5.32 Å². The van der Waals surface area contributed by atoms with Gasteiger partial charge in [0.1, 0.15) is 0 Å². The van der Waals surface area contributed by atoms with Gasteiger partial charge < -0.3 is 5.32 Å². The fraction of sp³-hybridized carbons (Fsp3) is 0.455. The molecule has 4 nitrogen and oxygen atoms in total. The molecule has 2 aromatic heterocycles. The van der Waals surface area contributed by atoms with Crippen LogP contribution in [-0.2, 0) is 0 Å². The third kappa shape index (κ3) is 3.35. The van der Waals surface area contributed by atoms with Crippen molar-refractivity contribution >= 4 is 39.3 Å². The highest BCUT2D eigenvalue weighted by Crippen LogP contribution is 2.16. The number of thioether (sulfide) groups is 1. The molecule has 92 valence electrons. The van der Waals surface area contributed by atoms with Gasteiger partial charge in [-0.15, -0.1) is 5.10 Å². The van der Waals surface area contributed by atoms with Crippen molar-refractivity contribution in [2.24, 2.45) is 0 Å². The summed E-state index contributed by atoms with van der Waals surface area (Å²) in [6, 6.07) is 3.90. The zero-order valence-corrected chi connectivity index (χ0v) is 12.1. The lowest BCUT2D eigenvalue weighted by Gasteiger charge is -1.99. The predicted molar refractivity (Wildman–Crippen MR) is 76.8 cm³/mol. The van der Waals surface area contributed by atoms with Crippen molar-refractivity contribution < 1.29 is 0 Å². The van der Waals surface area contributed by atoms with E-state index in [2.05, 4.69) is 37.6 Å². The van der Waals surface area contributed by atoms with Gasteiger partial charge in [-0.3, -0.25) is 0 Å². The topological polar surface area (TPSA) is 42.2 Å². The molecule has 0 aliphatic rings. The average Bonchev–Trinajstić information content (AvgIpc) is 2.73. The number of halogens is 1. The van der Waals surface area contributed by atoms with Crippen LogP contribution in [0.2, 0.25) is 0 Å². The average molecular weight is 315 g/mol. The molecular formula is C11H15BrN4S. The summed E-state index contributed by atoms with van der Waals surface area (Å²) in [5.74, 6) is 1.91. The van der Waals surface area contributed by atoms with E-state index in [1.54, 1.807) is 4.52 Å². The first-order valence-corrected chi connectivity index (χ1v) is 7.73. The van der Waals surface area contributed by atoms with Gasteiger partial charge in [0.15, 0.2) is 5.65 Å². The van der Waals surface area contributed by atoms with Crippen LogP contribution in [0.25, 0.3) is 5.65 Å². The van der Waals surface area contributed by atoms with Crippen LogP contribution in [0.4, 0.5) is 5.95 Å². The van der Waals surface area contributed by atoms with Crippen LogP contribution >= 0.6 is 27.7 Å². The van der Waals surface area contributed by atoms with Crippen LogP contribution in [0.5, 0.6) is 0 Å². The van der Waals surface area contributed by atoms with Crippen LogP contribution in [0.15, 0.2) is 22.8 Å². The Kier molecular flexibility index (Phi) is 4.67. The van der Waals surface area contributed by atoms with Gasteiger partial charge in [-0.05, 0) is 52.9 Å². The van der Waals surface area contributed by atoms with E-state index in [1.807, 2.05) is 30.1 Å². The van der Waals surface area contributed by atoms with Crippen molar-refractivity contribution in [3.8, 4) is 0 Å². The predicted octanol–water partition coefficient (Wildman–Crippen LogP) is 3.05. The van der Waals surface area contributed by atoms with E-state index in [0.29, 0.717) is 5.95 Å². The van der Waals surface area contributed by atoms with Gasteiger partial charge in [0.25, 0.3) is 0 Å². The minimum atomic E-state index is 0.695. The number of hydrogen-bond acceptors (Lipinski definition) is 4. The fourth-order valence-corrected chi connectivity index (χ4v) is 2.44. The Labute approximate surface area is 113 Å². The lowest BCUT2D eigenvalue weighted by molar-refractivity contribution is 0.832. The molecule has 2 aromatic rings. The van der Waals surface area contributed by atoms with E-state index in [1.165, 1.54) is 12.2 Å². The summed E-state index contributed by atoms with van der Waals surface area (Å²) in [5, 5.41) is 7.60. The second kappa shape index (κ2) is 6.26. The minimum absolute atomic E-state index is 0.695. The molecule has 0 fully saturated rings. The van der Waals surface area contributed by atoms with E-state index >= 15 is 0 Å². The van der Waals surface area contributed by atoms with E-state index in [0.717, 1.165) is 23.1 Å². The van der Waals surface area contributed by atoms with Crippen molar-refractivity contribution in [3.63, 3.8) is 0 Å². The molecule has 17 heavy (non-hydrogen) atoms. The zero-order chi connectivity index (χ0) is 12.1. The summed E-state index contributed by atoms with van der Waals surface area (Å²) in [6.45, 7) is 0.926. The lowest BCUT2D eigenvalue weighted by Crippen LogP contribution is -2.03. The summed E-state index contributed by atoms with van der Waals surface area (Å²) in [6.07, 6.45) is 6.41. The lowest BCUT2D eigenvalue weighted by atomic mass is 10.3. The normalized spacial score (nSPS) is 10.9. The maximum atomic E-state index is 4.42. The van der Waals surface area contributed by atoms with Crippen molar-refractivity contribution in [2.45, 2.75) is 12.8 Å². The third-order valence-electron chi connectivity index (χ3n) is 2.37. The fourth-order valence-electron chi connectivity index (χ4n) is 1.52. The number of anilines is 1. The maximum Gasteiger partial charge on any atom is 0.243 e. The molecule has 0 spiro atoms. The van der Waals surface area contributed by atoms with Gasteiger partial charge >= 0.3 is 0 Å². The highest BCUT2D eigenvalue weighted by molar-refractivity contribution is 9.10. The minimum Gasteiger partial charge on any atom is -0.353 e. The first-order valence-electron chi connectivity index (χ1n) is 5.55. The standard InChI is InChI=1S/C11H15BrN4S/c1-17-8-3-2-6-13-11-14-10-9(12)5-4-7-16(10)15-11/h4-5,7H,2-3,6,8H2,1H3,(H,13,15). The van der Waals surface area contributed by atoms with Crippen LogP contribution in [-0.4, -0.2) is 33.2 Å². The highest BCUT2D eigenvalue weighted by Gasteiger charge is 2.04. The van der Waals surface area contributed by atoms with Gasteiger partial charge in [-0.1, -0.05) is 0 Å². The molecule has 6 heteroatoms. The quantitative estimate of drug-likeness (QED) is 0.832. The van der Waals surface area contributed by atoms with Crippen molar-refractivity contribution in [3.05, 3.63) is 22.8 Å². The van der Waals surface area contributed by atoms with Gasteiger partial charge in [0, 0.05) is 12.7 Å². The summed E-state index contributed by atoms with van der Waals surface area (Å²) < 4.78 is 2.73. The number of nitrogens with zero attached hydrogens (tertiary/aromatic N) is 3. The van der Waals surface area contributed by atoms with E-state index in [9.17, 15) is 0 Å². The largest absolute Gasteiger partial charge is 0.353 e. The van der Waals surface area contributed by atoms with Crippen molar-refractivity contribution in [2.75, 3.05) is 23.9 Å². The molecule has 0 saturated heterocycles. The van der Waals surface area contributed by atoms with Crippen LogP contribution in [0, 0.1) is 0 Å². The van der Waals surface area contributed by atoms with E-state index in [-0.39, 0.29) is 0 Å². The Hall–Kier alpha value is -0.750. The molecule has 0 bridgehead atoms. The number of nitrogens with one attached hydrogen (secondary N) is 1. The molecule has 0 unspecified atom stereocenters. The molecule has 2 rings (SSSR count). The molecule has 0 aromatic carbocycles. The smallest absolute Gasteiger partial charge is 0.243 e. The van der Waals surface area contributed by atoms with Gasteiger partial charge in [-0.25, -0.2) is 4.52 Å². The number of hydrogen-bond donors (Lipinski definition) is 1. The Morgan fingerprint density at radius 3 is 3.12 bits per heavy atom. The Bertz CT molecular complexity index is 485. The first kappa shape index (κ1) is 12.7. The summed E-state index contributed by atoms with van der Waals surface area (Å²) in [7, 11) is 0. The molecule has 0 atom stereocenters. The molecule has 0 aliphatic heterocycles. The molecule has 0 radical (unpaired) electrons. The summed E-state index contributed by atoms with van der Waals surface area (Å²) >= 11 is 5.34. The van der Waals surface area contributed by atoms with Gasteiger partial charge in [-0.2, -0.15) is 16.7 Å². The number of rotatable bonds is 6. The Morgan fingerprint density at radius 1 is 1.47 bits per heavy atom. The number of fused-ring (bicyclic) bond motifs is 1. The summed E-state index contributed by atoms with van der Waals surface area (Å²) in [5.41, 5.74) is 0.846. The number of pyridine rings is 1. The van der Waals surface area contributed by atoms with Gasteiger partial charge in [0.05, 0.1) is 4.47 Å². The molecule has 0 amide bonds. The van der Waals surface area contributed by atoms with E-state index in [4.69, 9.17) is 0 Å². The Morgan fingerprint density at radius 2 is 2.35 bits per heavy atom. The number of unbranched alkanes of at least 4 members (excludes halogenated alkanes) is 1. The molecule has 0 aliphatic carbocycles. The maximum absolute atomic E-state index is 4.42. The molecule has 2 heterocycles. The number of aromatic nitrogens is 3. The molecule has 0 saturated carbocycles. The van der Waals surface area contributed by atoms with Crippen LogP contribution in [0.1, 0.15) is 12.8 Å². The first-order chi connectivity index (χ1) is 8.31. The molecular weight excluding hydrogens is 300 g/mol. The SMILES string of the molecule is CSCCCCNc1nc2c(Br)cccn2n1. The van der Waals surface area contributed by atoms with Gasteiger partial charge in [0.2, 0.25) is 5.95 Å². The van der Waals surface area contributed by atoms with Crippen LogP contribution in [0.3, 0.4) is 0 Å². The highest BCUT2D eigenvalue weighted by atomic mass is 79.9. The van der Waals surface area contributed by atoms with Crippen molar-refractivity contribution in [1.82, 2.24) is 14.6 Å². The monoisotopic (exact) mass is 314 g/mol. The summed E-state index contributed by atoms with van der Waals surface area (Å²) in [4.78, 5) is 4.42. The molecule has 1 N–H and O–H groups in total.